The van der Waals surface area contributed by atoms with E-state index in [0.29, 0.717) is 12.0 Å². The van der Waals surface area contributed by atoms with Crippen LogP contribution in [0.15, 0.2) is 18.2 Å². The van der Waals surface area contributed by atoms with Crippen molar-refractivity contribution in [2.24, 2.45) is 0 Å². The van der Waals surface area contributed by atoms with Crippen LogP contribution in [-0.4, -0.2) is 17.8 Å². The third-order valence-corrected chi connectivity index (χ3v) is 2.56. The van der Waals surface area contributed by atoms with Gasteiger partial charge in [0.05, 0.1) is 5.56 Å². The number of carbonyl (C=O) groups is 1. The van der Waals surface area contributed by atoms with Crippen LogP contribution < -0.4 is 0 Å². The summed E-state index contributed by atoms with van der Waals surface area (Å²) in [7, 11) is 0. The molecule has 0 aromatic heterocycles. The highest BCUT2D eigenvalue weighted by Gasteiger charge is 2.08. The molecule has 0 bridgehead atoms. The van der Waals surface area contributed by atoms with E-state index in [0.717, 1.165) is 11.8 Å². The SMILES string of the molecule is CSCCC(=O)c1ccc(C#N)c(F)c1. The zero-order valence-corrected chi connectivity index (χ0v) is 9.10. The molecule has 0 aliphatic heterocycles. The lowest BCUT2D eigenvalue weighted by Crippen LogP contribution is -2.01. The molecule has 0 N–H and O–H groups in total. The fraction of sp³-hybridized carbons (Fsp3) is 0.273. The molecule has 2 nitrogen and oxygen atoms in total. The van der Waals surface area contributed by atoms with Crippen LogP contribution >= 0.6 is 11.8 Å². The van der Waals surface area contributed by atoms with Gasteiger partial charge in [-0.1, -0.05) is 0 Å². The standard InChI is InChI=1S/C11H10FNOS/c1-15-5-4-11(14)8-2-3-9(7-13)10(12)6-8/h2-3,6H,4-5H2,1H3. The molecule has 0 atom stereocenters. The van der Waals surface area contributed by atoms with E-state index in [4.69, 9.17) is 5.26 Å². The topological polar surface area (TPSA) is 40.9 Å². The average Bonchev–Trinajstić information content (AvgIpc) is 2.25. The fourth-order valence-electron chi connectivity index (χ4n) is 1.12. The molecule has 0 spiro atoms. The number of carbonyl (C=O) groups excluding carboxylic acids is 1. The van der Waals surface area contributed by atoms with Crippen LogP contribution in [0.3, 0.4) is 0 Å². The Bertz CT molecular complexity index is 412. The summed E-state index contributed by atoms with van der Waals surface area (Å²) in [5.74, 6) is 0.000674. The molecule has 1 aromatic rings. The van der Waals surface area contributed by atoms with E-state index in [1.165, 1.54) is 12.1 Å². The van der Waals surface area contributed by atoms with Gasteiger partial charge in [0.15, 0.2) is 5.78 Å². The van der Waals surface area contributed by atoms with Crippen molar-refractivity contribution in [1.29, 1.82) is 5.26 Å². The average molecular weight is 223 g/mol. The Balaban J connectivity index is 2.84. The maximum absolute atomic E-state index is 13.2. The Labute approximate surface area is 92.1 Å². The molecule has 0 saturated carbocycles. The monoisotopic (exact) mass is 223 g/mol. The predicted molar refractivity (Wildman–Crippen MR) is 58.4 cm³/mol. The molecule has 1 rings (SSSR count). The van der Waals surface area contributed by atoms with E-state index in [2.05, 4.69) is 0 Å². The van der Waals surface area contributed by atoms with Crippen LogP contribution in [0.5, 0.6) is 0 Å². The normalized spacial score (nSPS) is 9.67. The molecule has 4 heteroatoms. The van der Waals surface area contributed by atoms with Crippen LogP contribution in [0.2, 0.25) is 0 Å². The van der Waals surface area contributed by atoms with Crippen molar-refractivity contribution in [3.05, 3.63) is 35.1 Å². The van der Waals surface area contributed by atoms with Crippen LogP contribution in [0, 0.1) is 17.1 Å². The Kier molecular flexibility index (Phi) is 4.32. The summed E-state index contributed by atoms with van der Waals surface area (Å²) in [5, 5.41) is 8.51. The number of nitrogens with zero attached hydrogens (tertiary/aromatic N) is 1. The summed E-state index contributed by atoms with van der Waals surface area (Å²) >= 11 is 1.57. The molecule has 0 aliphatic carbocycles. The van der Waals surface area contributed by atoms with Crippen molar-refractivity contribution in [3.63, 3.8) is 0 Å². The van der Waals surface area contributed by atoms with Crippen molar-refractivity contribution in [1.82, 2.24) is 0 Å². The minimum atomic E-state index is -0.632. The van der Waals surface area contributed by atoms with Gasteiger partial charge in [0.25, 0.3) is 0 Å². The van der Waals surface area contributed by atoms with Gasteiger partial charge >= 0.3 is 0 Å². The first-order chi connectivity index (χ1) is 7.19. The van der Waals surface area contributed by atoms with Gasteiger partial charge in [-0.3, -0.25) is 4.79 Å². The number of rotatable bonds is 4. The molecule has 0 heterocycles. The number of halogens is 1. The van der Waals surface area contributed by atoms with Crippen LogP contribution in [-0.2, 0) is 0 Å². The van der Waals surface area contributed by atoms with Crippen molar-refractivity contribution in [2.45, 2.75) is 6.42 Å². The molecule has 0 aliphatic rings. The molecule has 0 radical (unpaired) electrons. The molecular formula is C11H10FNOS. The highest BCUT2D eigenvalue weighted by atomic mass is 32.2. The zero-order chi connectivity index (χ0) is 11.3. The number of nitriles is 1. The molecular weight excluding hydrogens is 213 g/mol. The van der Waals surface area contributed by atoms with E-state index >= 15 is 0 Å². The summed E-state index contributed by atoms with van der Waals surface area (Å²) < 4.78 is 13.2. The van der Waals surface area contributed by atoms with E-state index in [1.807, 2.05) is 6.26 Å². The van der Waals surface area contributed by atoms with Crippen molar-refractivity contribution < 1.29 is 9.18 Å². The number of benzene rings is 1. The highest BCUT2D eigenvalue weighted by Crippen LogP contribution is 2.12. The number of Topliss-reactive ketones (excluding diaryl/α,β-unsaturated/α-hetero) is 1. The van der Waals surface area contributed by atoms with E-state index in [-0.39, 0.29) is 11.3 Å². The summed E-state index contributed by atoms with van der Waals surface area (Å²) in [6.45, 7) is 0. The summed E-state index contributed by atoms with van der Waals surface area (Å²) in [6, 6.07) is 5.67. The maximum atomic E-state index is 13.2. The van der Waals surface area contributed by atoms with Crippen LogP contribution in [0.25, 0.3) is 0 Å². The van der Waals surface area contributed by atoms with Gasteiger partial charge in [-0.05, 0) is 24.5 Å². The summed E-state index contributed by atoms with van der Waals surface area (Å²) in [5.41, 5.74) is 0.303. The van der Waals surface area contributed by atoms with Gasteiger partial charge in [0, 0.05) is 17.7 Å². The van der Waals surface area contributed by atoms with Gasteiger partial charge in [-0.15, -0.1) is 0 Å². The smallest absolute Gasteiger partial charge is 0.163 e. The van der Waals surface area contributed by atoms with E-state index in [9.17, 15) is 9.18 Å². The first-order valence-corrected chi connectivity index (χ1v) is 5.80. The number of hydrogen-bond acceptors (Lipinski definition) is 3. The van der Waals surface area contributed by atoms with Crippen LogP contribution in [0.1, 0.15) is 22.3 Å². The fourth-order valence-corrected chi connectivity index (χ4v) is 1.51. The molecule has 0 fully saturated rings. The second kappa shape index (κ2) is 5.52. The first kappa shape index (κ1) is 11.7. The lowest BCUT2D eigenvalue weighted by atomic mass is 10.1. The van der Waals surface area contributed by atoms with Gasteiger partial charge in [0.2, 0.25) is 0 Å². The number of thioether (sulfide) groups is 1. The molecule has 78 valence electrons. The second-order valence-corrected chi connectivity index (χ2v) is 3.96. The van der Waals surface area contributed by atoms with E-state index < -0.39 is 5.82 Å². The van der Waals surface area contributed by atoms with Crippen LogP contribution in [0.4, 0.5) is 4.39 Å². The van der Waals surface area contributed by atoms with Gasteiger partial charge in [-0.25, -0.2) is 4.39 Å². The maximum Gasteiger partial charge on any atom is 0.163 e. The lowest BCUT2D eigenvalue weighted by Gasteiger charge is -2.00. The summed E-state index contributed by atoms with van der Waals surface area (Å²) in [6.07, 6.45) is 2.30. The molecule has 0 unspecified atom stereocenters. The summed E-state index contributed by atoms with van der Waals surface area (Å²) in [4.78, 5) is 11.5. The van der Waals surface area contributed by atoms with Crippen molar-refractivity contribution >= 4 is 17.5 Å². The van der Waals surface area contributed by atoms with Crippen molar-refractivity contribution in [2.75, 3.05) is 12.0 Å². The van der Waals surface area contributed by atoms with Crippen molar-refractivity contribution in [3.8, 4) is 6.07 Å². The quantitative estimate of drug-likeness (QED) is 0.737. The molecule has 0 amide bonds. The Morgan fingerprint density at radius 2 is 2.33 bits per heavy atom. The first-order valence-electron chi connectivity index (χ1n) is 4.41. The highest BCUT2D eigenvalue weighted by molar-refractivity contribution is 7.98. The minimum absolute atomic E-state index is 0.0311. The number of hydrogen-bond donors (Lipinski definition) is 0. The predicted octanol–water partition coefficient (Wildman–Crippen LogP) is 2.63. The van der Waals surface area contributed by atoms with Gasteiger partial charge in [0.1, 0.15) is 11.9 Å². The lowest BCUT2D eigenvalue weighted by molar-refractivity contribution is 0.0989. The third kappa shape index (κ3) is 3.07. The minimum Gasteiger partial charge on any atom is -0.294 e. The largest absolute Gasteiger partial charge is 0.294 e. The second-order valence-electron chi connectivity index (χ2n) is 2.97. The van der Waals surface area contributed by atoms with Gasteiger partial charge < -0.3 is 0 Å². The Morgan fingerprint density at radius 3 is 2.87 bits per heavy atom. The molecule has 15 heavy (non-hydrogen) atoms. The Hall–Kier alpha value is -1.34. The Morgan fingerprint density at radius 1 is 1.60 bits per heavy atom. The van der Waals surface area contributed by atoms with E-state index in [1.54, 1.807) is 17.8 Å². The zero-order valence-electron chi connectivity index (χ0n) is 8.29. The van der Waals surface area contributed by atoms with Gasteiger partial charge in [-0.2, -0.15) is 17.0 Å². The molecule has 1 aromatic carbocycles. The molecule has 0 saturated heterocycles. The number of ketones is 1. The third-order valence-electron chi connectivity index (χ3n) is 1.94.